The van der Waals surface area contributed by atoms with Crippen LogP contribution in [0.1, 0.15) is 47.7 Å². The Morgan fingerprint density at radius 3 is 2.76 bits per heavy atom. The molecule has 2 aliphatic carbocycles. The standard InChI is InChI=1S/C13H15NO3/c15-13(16)12-11(17-7-8-1-2-8)5-10(6-14-12)9-3-4-9/h5-6,8-9H,1-4,7H2,(H,15,16). The van der Waals surface area contributed by atoms with Crippen molar-refractivity contribution in [2.45, 2.75) is 31.6 Å². The summed E-state index contributed by atoms with van der Waals surface area (Å²) in [4.78, 5) is 15.0. The third kappa shape index (κ3) is 2.40. The molecule has 1 aromatic heterocycles. The van der Waals surface area contributed by atoms with Gasteiger partial charge in [0.1, 0.15) is 0 Å². The summed E-state index contributed by atoms with van der Waals surface area (Å²) in [5.74, 6) is 0.599. The number of aromatic nitrogens is 1. The van der Waals surface area contributed by atoms with Gasteiger partial charge in [-0.15, -0.1) is 0 Å². The molecule has 0 amide bonds. The molecule has 0 spiro atoms. The summed E-state index contributed by atoms with van der Waals surface area (Å²) in [5, 5.41) is 9.05. The predicted octanol–water partition coefficient (Wildman–Crippen LogP) is 2.45. The Morgan fingerprint density at radius 2 is 2.18 bits per heavy atom. The second kappa shape index (κ2) is 4.02. The topological polar surface area (TPSA) is 59.4 Å². The van der Waals surface area contributed by atoms with E-state index in [1.54, 1.807) is 6.20 Å². The van der Waals surface area contributed by atoms with Crippen molar-refractivity contribution < 1.29 is 14.6 Å². The van der Waals surface area contributed by atoms with Gasteiger partial charge >= 0.3 is 5.97 Å². The van der Waals surface area contributed by atoms with Crippen molar-refractivity contribution in [2.75, 3.05) is 6.61 Å². The molecule has 0 aromatic carbocycles. The van der Waals surface area contributed by atoms with Crippen molar-refractivity contribution in [1.82, 2.24) is 4.98 Å². The van der Waals surface area contributed by atoms with E-state index in [-0.39, 0.29) is 5.69 Å². The van der Waals surface area contributed by atoms with Crippen LogP contribution in [0, 0.1) is 5.92 Å². The summed E-state index contributed by atoms with van der Waals surface area (Å²) in [6, 6.07) is 1.86. The summed E-state index contributed by atoms with van der Waals surface area (Å²) >= 11 is 0. The van der Waals surface area contributed by atoms with Crippen LogP contribution in [0.4, 0.5) is 0 Å². The molecule has 4 nitrogen and oxygen atoms in total. The van der Waals surface area contributed by atoms with E-state index in [9.17, 15) is 4.79 Å². The van der Waals surface area contributed by atoms with Gasteiger partial charge in [0.15, 0.2) is 11.4 Å². The minimum atomic E-state index is -1.02. The highest BCUT2D eigenvalue weighted by molar-refractivity contribution is 5.88. The van der Waals surface area contributed by atoms with Crippen LogP contribution in [0.15, 0.2) is 12.3 Å². The quantitative estimate of drug-likeness (QED) is 0.848. The molecule has 1 N–H and O–H groups in total. The number of hydrogen-bond donors (Lipinski definition) is 1. The molecule has 2 aliphatic rings. The van der Waals surface area contributed by atoms with Gasteiger partial charge in [-0.25, -0.2) is 9.78 Å². The second-order valence-electron chi connectivity index (χ2n) is 4.95. The molecular formula is C13H15NO3. The van der Waals surface area contributed by atoms with Crippen molar-refractivity contribution in [2.24, 2.45) is 5.92 Å². The highest BCUT2D eigenvalue weighted by atomic mass is 16.5. The maximum Gasteiger partial charge on any atom is 0.358 e. The average molecular weight is 233 g/mol. The molecule has 17 heavy (non-hydrogen) atoms. The first-order valence-corrected chi connectivity index (χ1v) is 6.10. The zero-order chi connectivity index (χ0) is 11.8. The number of carboxylic acids is 1. The van der Waals surface area contributed by atoms with Crippen molar-refractivity contribution >= 4 is 5.97 Å². The van der Waals surface area contributed by atoms with Crippen LogP contribution in [-0.4, -0.2) is 22.7 Å². The lowest BCUT2D eigenvalue weighted by molar-refractivity contribution is 0.0685. The first-order chi connectivity index (χ1) is 8.24. The number of nitrogens with zero attached hydrogens (tertiary/aromatic N) is 1. The Balaban J connectivity index is 1.82. The Bertz CT molecular complexity index is 450. The van der Waals surface area contributed by atoms with E-state index >= 15 is 0 Å². The minimum absolute atomic E-state index is 0.0371. The fourth-order valence-electron chi connectivity index (χ4n) is 1.86. The molecule has 0 unspecified atom stereocenters. The van der Waals surface area contributed by atoms with Gasteiger partial charge in [0.05, 0.1) is 6.61 Å². The molecule has 1 heterocycles. The summed E-state index contributed by atoms with van der Waals surface area (Å²) in [7, 11) is 0. The Morgan fingerprint density at radius 1 is 1.41 bits per heavy atom. The lowest BCUT2D eigenvalue weighted by atomic mass is 10.1. The zero-order valence-corrected chi connectivity index (χ0v) is 9.56. The fraction of sp³-hybridized carbons (Fsp3) is 0.538. The number of carbonyl (C=O) groups is 1. The number of carboxylic acid groups (broad SMARTS) is 1. The third-order valence-corrected chi connectivity index (χ3v) is 3.30. The van der Waals surface area contributed by atoms with Crippen molar-refractivity contribution in [3.63, 3.8) is 0 Å². The van der Waals surface area contributed by atoms with Crippen molar-refractivity contribution in [1.29, 1.82) is 0 Å². The maximum atomic E-state index is 11.0. The van der Waals surface area contributed by atoms with Gasteiger partial charge in [0.2, 0.25) is 0 Å². The van der Waals surface area contributed by atoms with E-state index in [4.69, 9.17) is 9.84 Å². The largest absolute Gasteiger partial charge is 0.491 e. The van der Waals surface area contributed by atoms with Crippen LogP contribution in [0.25, 0.3) is 0 Å². The number of pyridine rings is 1. The van der Waals surface area contributed by atoms with Crippen LogP contribution in [-0.2, 0) is 0 Å². The van der Waals surface area contributed by atoms with Gasteiger partial charge < -0.3 is 9.84 Å². The SMILES string of the molecule is O=C(O)c1ncc(C2CC2)cc1OCC1CC1. The smallest absolute Gasteiger partial charge is 0.358 e. The Hall–Kier alpha value is -1.58. The molecule has 4 heteroatoms. The lowest BCUT2D eigenvalue weighted by Crippen LogP contribution is -2.08. The molecule has 0 atom stereocenters. The van der Waals surface area contributed by atoms with Crippen LogP contribution in [0.3, 0.4) is 0 Å². The van der Waals surface area contributed by atoms with Gasteiger partial charge in [-0.2, -0.15) is 0 Å². The van der Waals surface area contributed by atoms with Gasteiger partial charge in [-0.3, -0.25) is 0 Å². The van der Waals surface area contributed by atoms with Gasteiger partial charge in [-0.1, -0.05) is 0 Å². The molecule has 0 saturated heterocycles. The highest BCUT2D eigenvalue weighted by Gasteiger charge is 2.27. The van der Waals surface area contributed by atoms with E-state index in [0.717, 1.165) is 5.56 Å². The summed E-state index contributed by atoms with van der Waals surface area (Å²) < 4.78 is 5.60. The Kier molecular flexibility index (Phi) is 2.50. The molecule has 2 saturated carbocycles. The molecular weight excluding hydrogens is 218 g/mol. The molecule has 0 aliphatic heterocycles. The van der Waals surface area contributed by atoms with E-state index in [1.165, 1.54) is 25.7 Å². The van der Waals surface area contributed by atoms with Crippen LogP contribution >= 0.6 is 0 Å². The fourth-order valence-corrected chi connectivity index (χ4v) is 1.86. The van der Waals surface area contributed by atoms with Gasteiger partial charge in [-0.05, 0) is 49.1 Å². The van der Waals surface area contributed by atoms with E-state index in [0.29, 0.717) is 24.2 Å². The number of hydrogen-bond acceptors (Lipinski definition) is 3. The van der Waals surface area contributed by atoms with E-state index in [2.05, 4.69) is 4.98 Å². The number of aromatic carboxylic acids is 1. The third-order valence-electron chi connectivity index (χ3n) is 3.30. The zero-order valence-electron chi connectivity index (χ0n) is 9.56. The molecule has 0 bridgehead atoms. The predicted molar refractivity (Wildman–Crippen MR) is 61.4 cm³/mol. The highest BCUT2D eigenvalue weighted by Crippen LogP contribution is 2.41. The lowest BCUT2D eigenvalue weighted by Gasteiger charge is -2.09. The summed E-state index contributed by atoms with van der Waals surface area (Å²) in [6.07, 6.45) is 6.41. The van der Waals surface area contributed by atoms with Crippen LogP contribution < -0.4 is 4.74 Å². The van der Waals surface area contributed by atoms with E-state index < -0.39 is 5.97 Å². The second-order valence-corrected chi connectivity index (χ2v) is 4.95. The summed E-state index contributed by atoms with van der Waals surface area (Å²) in [6.45, 7) is 0.621. The van der Waals surface area contributed by atoms with E-state index in [1.807, 2.05) is 6.07 Å². The maximum absolute atomic E-state index is 11.0. The monoisotopic (exact) mass is 233 g/mol. The molecule has 3 rings (SSSR count). The molecule has 90 valence electrons. The van der Waals surface area contributed by atoms with Crippen molar-refractivity contribution in [3.8, 4) is 5.75 Å². The van der Waals surface area contributed by atoms with Crippen LogP contribution in [0.5, 0.6) is 5.75 Å². The van der Waals surface area contributed by atoms with Crippen molar-refractivity contribution in [3.05, 3.63) is 23.5 Å². The van der Waals surface area contributed by atoms with Crippen LogP contribution in [0.2, 0.25) is 0 Å². The molecule has 1 aromatic rings. The number of ether oxygens (including phenoxy) is 1. The molecule has 0 radical (unpaired) electrons. The van der Waals surface area contributed by atoms with Gasteiger partial charge in [0.25, 0.3) is 0 Å². The first-order valence-electron chi connectivity index (χ1n) is 6.10. The summed E-state index contributed by atoms with van der Waals surface area (Å²) in [5.41, 5.74) is 1.15. The normalized spacial score (nSPS) is 19.1. The number of rotatable bonds is 5. The average Bonchev–Trinajstić information content (AvgIpc) is 3.17. The Labute approximate surface area is 99.6 Å². The van der Waals surface area contributed by atoms with Gasteiger partial charge in [0, 0.05) is 6.20 Å². The first kappa shape index (κ1) is 10.6. The minimum Gasteiger partial charge on any atom is -0.491 e. The molecule has 2 fully saturated rings.